The predicted octanol–water partition coefficient (Wildman–Crippen LogP) is 5.53. The molecule has 0 fully saturated rings. The third kappa shape index (κ3) is 7.29. The van der Waals surface area contributed by atoms with Crippen LogP contribution in [0.2, 0.25) is 0 Å². The van der Waals surface area contributed by atoms with E-state index in [1.54, 1.807) is 35.6 Å². The van der Waals surface area contributed by atoms with Crippen LogP contribution < -0.4 is 10.0 Å². The first-order valence-electron chi connectivity index (χ1n) is 17.0. The number of benzene rings is 1. The number of carbonyl (C=O) groups excluding carboxylic acids is 1. The molecule has 0 radical (unpaired) electrons. The number of hydrogen-bond donors (Lipinski definition) is 3. The van der Waals surface area contributed by atoms with Crippen molar-refractivity contribution in [3.8, 4) is 34.9 Å². The van der Waals surface area contributed by atoms with Gasteiger partial charge in [-0.05, 0) is 75.1 Å². The Morgan fingerprint density at radius 2 is 1.79 bits per heavy atom. The van der Waals surface area contributed by atoms with Crippen molar-refractivity contribution in [3.05, 3.63) is 99.9 Å². The van der Waals surface area contributed by atoms with Gasteiger partial charge in [-0.15, -0.1) is 0 Å². The summed E-state index contributed by atoms with van der Waals surface area (Å²) in [5.74, 6) is 1.30. The smallest absolute Gasteiger partial charge is 0.304 e. The van der Waals surface area contributed by atoms with Gasteiger partial charge in [-0.25, -0.2) is 35.9 Å². The molecule has 290 valence electrons. The number of sulfonamides is 1. The highest BCUT2D eigenvalue weighted by Gasteiger charge is 2.60. The summed E-state index contributed by atoms with van der Waals surface area (Å²) in [5, 5.41) is 16.7. The van der Waals surface area contributed by atoms with E-state index in [0.717, 1.165) is 18.4 Å². The first-order chi connectivity index (χ1) is 26.2. The molecule has 11 nitrogen and oxygen atoms in total. The minimum atomic E-state index is -3.76. The maximum Gasteiger partial charge on any atom is 0.304 e. The molecule has 2 aliphatic rings. The monoisotopic (exact) mass is 795 g/mol. The van der Waals surface area contributed by atoms with Crippen molar-refractivity contribution in [2.75, 3.05) is 11.0 Å². The Bertz CT molecular complexity index is 2660. The third-order valence-corrected chi connectivity index (χ3v) is 9.66. The topological polar surface area (TPSA) is 144 Å². The van der Waals surface area contributed by atoms with Crippen LogP contribution in [0.5, 0.6) is 0 Å². The number of aryl methyl sites for hydroxylation is 1. The van der Waals surface area contributed by atoms with Crippen LogP contribution in [0.25, 0.3) is 16.8 Å². The second kappa shape index (κ2) is 13.7. The van der Waals surface area contributed by atoms with E-state index in [1.807, 2.05) is 0 Å². The molecule has 18 heteroatoms. The molecule has 2 aliphatic carbocycles. The number of carbonyl (C=O) groups is 1. The molecular formula is C38H31F6N7O4S. The van der Waals surface area contributed by atoms with Crippen LogP contribution in [0.3, 0.4) is 0 Å². The van der Waals surface area contributed by atoms with Crippen molar-refractivity contribution < 1.29 is 44.7 Å². The van der Waals surface area contributed by atoms with E-state index >= 15 is 8.78 Å². The number of amides is 1. The molecule has 0 aliphatic heterocycles. The number of nitrogens with one attached hydrogen (secondary N) is 2. The zero-order valence-electron chi connectivity index (χ0n) is 29.9. The maximum atomic E-state index is 15.5. The highest BCUT2D eigenvalue weighted by Crippen LogP contribution is 2.57. The zero-order chi connectivity index (χ0) is 40.5. The quantitative estimate of drug-likeness (QED) is 0.125. The van der Waals surface area contributed by atoms with Gasteiger partial charge in [-0.3, -0.25) is 18.6 Å². The highest BCUT2D eigenvalue weighted by molar-refractivity contribution is 7.92. The van der Waals surface area contributed by atoms with Gasteiger partial charge in [0.05, 0.1) is 35.1 Å². The van der Waals surface area contributed by atoms with Crippen molar-refractivity contribution in [1.29, 1.82) is 0 Å². The number of pyridine rings is 2. The van der Waals surface area contributed by atoms with Crippen LogP contribution in [0.15, 0.2) is 48.5 Å². The van der Waals surface area contributed by atoms with Gasteiger partial charge in [0.2, 0.25) is 15.9 Å². The van der Waals surface area contributed by atoms with E-state index < -0.39 is 86.9 Å². The number of aliphatic hydroxyl groups is 1. The number of imidazole rings is 1. The average Bonchev–Trinajstić information content (AvgIpc) is 3.63. The van der Waals surface area contributed by atoms with Crippen molar-refractivity contribution >= 4 is 27.3 Å². The zero-order valence-corrected chi connectivity index (χ0v) is 30.7. The molecular weight excluding hydrogens is 765 g/mol. The molecule has 4 heterocycles. The molecule has 56 heavy (non-hydrogen) atoms. The summed E-state index contributed by atoms with van der Waals surface area (Å²) in [6, 6.07) is 9.32. The van der Waals surface area contributed by atoms with Gasteiger partial charge in [0, 0.05) is 17.2 Å². The van der Waals surface area contributed by atoms with Crippen LogP contribution in [0.4, 0.5) is 32.2 Å². The molecule has 3 N–H and O–H groups in total. The Morgan fingerprint density at radius 1 is 1.07 bits per heavy atom. The Labute approximate surface area is 316 Å². The van der Waals surface area contributed by atoms with Gasteiger partial charge in [0.15, 0.2) is 5.82 Å². The SMILES string of the molecule is Cc1nc(NS(C)(=O)=O)c2cccc(-c3ccc(C#CC(C)(C)O)nc3[C@H](Cc3cc(F)cc(F)c3)NC(=O)Cn3nc(C(F)F)c4c3C(F)(F)[C@@H]3C#C[C@H]43)n12. The molecule has 3 atom stereocenters. The summed E-state index contributed by atoms with van der Waals surface area (Å²) < 4.78 is 117. The van der Waals surface area contributed by atoms with Crippen molar-refractivity contribution in [3.63, 3.8) is 0 Å². The lowest BCUT2D eigenvalue weighted by atomic mass is 9.84. The van der Waals surface area contributed by atoms with Crippen molar-refractivity contribution in [1.82, 2.24) is 29.5 Å². The van der Waals surface area contributed by atoms with Crippen molar-refractivity contribution in [2.45, 2.75) is 63.6 Å². The first kappa shape index (κ1) is 38.4. The fourth-order valence-corrected chi connectivity index (χ4v) is 7.44. The molecule has 5 aromatic rings. The van der Waals surface area contributed by atoms with E-state index in [2.05, 4.69) is 43.8 Å². The standard InChI is InChI=1S/C38H31F6N7O4S/c1-19-45-36(49-56(4,54)55)29-7-5-6-28(51(19)29)25-9-8-23(12-13-37(2,3)53)46-32(25)27(16-20-14-21(39)17-22(40)15-20)47-30(52)18-50-34-31(33(48-50)35(41)42)24-10-11-26(24)38(34,43)44/h5-9,14-15,17,24,26-27,35,49,53H,16,18H2,1-4H3,(H,47,52)/t24-,26+,27-/m0/s1. The summed E-state index contributed by atoms with van der Waals surface area (Å²) in [5.41, 5.74) is -2.47. The van der Waals surface area contributed by atoms with Gasteiger partial charge in [0.25, 0.3) is 6.43 Å². The number of hydrogen-bond acceptors (Lipinski definition) is 7. The van der Waals surface area contributed by atoms with Crippen LogP contribution in [-0.4, -0.2) is 55.4 Å². The van der Waals surface area contributed by atoms with Gasteiger partial charge >= 0.3 is 5.92 Å². The van der Waals surface area contributed by atoms with Gasteiger partial charge in [-0.1, -0.05) is 23.8 Å². The minimum absolute atomic E-state index is 0.0136. The van der Waals surface area contributed by atoms with Gasteiger partial charge in [-0.2, -0.15) is 13.9 Å². The number of halogens is 6. The van der Waals surface area contributed by atoms with Crippen molar-refractivity contribution in [2.24, 2.45) is 5.92 Å². The Balaban J connectivity index is 1.37. The molecule has 0 saturated heterocycles. The molecule has 1 aromatic carbocycles. The largest absolute Gasteiger partial charge is 0.378 e. The van der Waals surface area contributed by atoms with Gasteiger partial charge in [0.1, 0.15) is 52.6 Å². The van der Waals surface area contributed by atoms with E-state index in [9.17, 15) is 35.9 Å². The average molecular weight is 796 g/mol. The Morgan fingerprint density at radius 3 is 2.41 bits per heavy atom. The fraction of sp³-hybridized carbons (Fsp3) is 0.316. The maximum absolute atomic E-state index is 15.5. The number of rotatable bonds is 10. The van der Waals surface area contributed by atoms with Crippen LogP contribution in [0, 0.1) is 48.2 Å². The number of nitrogens with zero attached hydrogens (tertiary/aromatic N) is 5. The van der Waals surface area contributed by atoms with Crippen LogP contribution in [0.1, 0.15) is 72.0 Å². The highest BCUT2D eigenvalue weighted by atomic mass is 32.2. The summed E-state index contributed by atoms with van der Waals surface area (Å²) in [6.07, 6.45) is -2.61. The lowest BCUT2D eigenvalue weighted by Gasteiger charge is -2.24. The van der Waals surface area contributed by atoms with E-state index in [1.165, 1.54) is 19.9 Å². The summed E-state index contributed by atoms with van der Waals surface area (Å²) >= 11 is 0. The second-order valence-electron chi connectivity index (χ2n) is 14.0. The fourth-order valence-electron chi connectivity index (χ4n) is 6.94. The summed E-state index contributed by atoms with van der Waals surface area (Å²) in [6.45, 7) is 3.53. The Hall–Kier alpha value is -5.85. The number of anilines is 1. The molecule has 1 amide bonds. The molecule has 0 bridgehead atoms. The molecule has 7 rings (SSSR count). The molecule has 4 aromatic heterocycles. The molecule has 0 spiro atoms. The molecule has 0 saturated carbocycles. The number of aromatic nitrogens is 5. The van der Waals surface area contributed by atoms with Gasteiger partial charge < -0.3 is 10.4 Å². The Kier molecular flexibility index (Phi) is 9.41. The predicted molar refractivity (Wildman–Crippen MR) is 191 cm³/mol. The lowest BCUT2D eigenvalue weighted by molar-refractivity contribution is -0.123. The molecule has 0 unspecified atom stereocenters. The van der Waals surface area contributed by atoms with E-state index in [0.29, 0.717) is 33.3 Å². The third-order valence-electron chi connectivity index (χ3n) is 9.10. The summed E-state index contributed by atoms with van der Waals surface area (Å²) in [7, 11) is -3.76. The van der Waals surface area contributed by atoms with E-state index in [-0.39, 0.29) is 29.2 Å². The number of fused-ring (bicyclic) bond motifs is 4. The first-order valence-corrected chi connectivity index (χ1v) is 18.8. The second-order valence-corrected chi connectivity index (χ2v) is 15.8. The summed E-state index contributed by atoms with van der Waals surface area (Å²) in [4.78, 5) is 23.0. The lowest BCUT2D eigenvalue weighted by Crippen LogP contribution is -2.36. The van der Waals surface area contributed by atoms with E-state index in [4.69, 9.17) is 4.98 Å². The number of alkyl halides is 4. The van der Waals surface area contributed by atoms with Crippen LogP contribution in [-0.2, 0) is 33.7 Å². The normalized spacial score (nSPS) is 17.3. The van der Waals surface area contributed by atoms with Crippen LogP contribution >= 0.6 is 0 Å². The minimum Gasteiger partial charge on any atom is -0.378 e.